The van der Waals surface area contributed by atoms with Crippen molar-refractivity contribution < 1.29 is 14.6 Å². The van der Waals surface area contributed by atoms with Gasteiger partial charge < -0.3 is 15.6 Å². The monoisotopic (exact) mass is 504 g/mol. The second-order valence-electron chi connectivity index (χ2n) is 7.51. The number of aromatic nitrogens is 5. The van der Waals surface area contributed by atoms with Crippen LogP contribution in [0.25, 0.3) is 27.0 Å². The third-order valence-electron chi connectivity index (χ3n) is 5.17. The summed E-state index contributed by atoms with van der Waals surface area (Å²) in [6, 6.07) is 19.5. The number of anilines is 1. The van der Waals surface area contributed by atoms with Gasteiger partial charge in [-0.1, -0.05) is 65.4 Å². The van der Waals surface area contributed by atoms with Gasteiger partial charge >= 0.3 is 12.0 Å². The van der Waals surface area contributed by atoms with Crippen molar-refractivity contribution in [3.05, 3.63) is 71.4 Å². The second-order valence-corrected chi connectivity index (χ2v) is 9.66. The standard InChI is InChI=1S/C24H20N6O3S2/c1-14-19(15-8-4-2-5-9-15)20-21(25)26-23(27-22(20)35-14)34-13-17-28-29-24(33-12-18(31)32)30(17)16-10-6-3-7-11-16/h2-11H,12-13H2,1H3,(H,31,32)(H2,25,26,27). The average Bonchev–Trinajstić information content (AvgIpc) is 3.42. The van der Waals surface area contributed by atoms with Crippen molar-refractivity contribution in [2.45, 2.75) is 17.8 Å². The van der Waals surface area contributed by atoms with Crippen molar-refractivity contribution in [2.24, 2.45) is 0 Å². The van der Waals surface area contributed by atoms with Gasteiger partial charge in [-0.15, -0.1) is 16.4 Å². The number of nitrogens with zero attached hydrogens (tertiary/aromatic N) is 5. The number of carbonyl (C=O) groups is 1. The normalized spacial score (nSPS) is 11.1. The number of para-hydroxylation sites is 1. The fourth-order valence-corrected chi connectivity index (χ4v) is 5.59. The first-order valence-corrected chi connectivity index (χ1v) is 12.4. The van der Waals surface area contributed by atoms with E-state index in [2.05, 4.69) is 34.2 Å². The van der Waals surface area contributed by atoms with Crippen LogP contribution in [0.3, 0.4) is 0 Å². The Labute approximate surface area is 208 Å². The van der Waals surface area contributed by atoms with E-state index in [1.807, 2.05) is 48.5 Å². The largest absolute Gasteiger partial charge is 0.479 e. The van der Waals surface area contributed by atoms with Crippen LogP contribution in [-0.4, -0.2) is 42.4 Å². The number of thiophene rings is 1. The van der Waals surface area contributed by atoms with E-state index >= 15 is 0 Å². The van der Waals surface area contributed by atoms with Crippen molar-refractivity contribution in [1.82, 2.24) is 24.7 Å². The Morgan fingerprint density at radius 1 is 1.09 bits per heavy atom. The highest BCUT2D eigenvalue weighted by atomic mass is 32.2. The quantitative estimate of drug-likeness (QED) is 0.230. The zero-order chi connectivity index (χ0) is 24.4. The maximum Gasteiger partial charge on any atom is 0.341 e. The maximum absolute atomic E-state index is 11.0. The highest BCUT2D eigenvalue weighted by Crippen LogP contribution is 2.40. The van der Waals surface area contributed by atoms with E-state index in [1.165, 1.54) is 11.8 Å². The topological polar surface area (TPSA) is 129 Å². The Hall–Kier alpha value is -3.96. The number of carboxylic acid groups (broad SMARTS) is 1. The lowest BCUT2D eigenvalue weighted by molar-refractivity contribution is -0.139. The maximum atomic E-state index is 11.0. The first kappa shape index (κ1) is 22.8. The third kappa shape index (κ3) is 4.68. The molecule has 11 heteroatoms. The van der Waals surface area contributed by atoms with E-state index < -0.39 is 12.6 Å². The molecule has 0 spiro atoms. The molecule has 0 unspecified atom stereocenters. The first-order valence-electron chi connectivity index (χ1n) is 10.6. The molecule has 35 heavy (non-hydrogen) atoms. The fourth-order valence-electron chi connectivity index (χ4n) is 3.71. The number of thioether (sulfide) groups is 1. The molecule has 3 heterocycles. The number of hydrogen-bond acceptors (Lipinski definition) is 9. The smallest absolute Gasteiger partial charge is 0.341 e. The molecule has 0 radical (unpaired) electrons. The van der Waals surface area contributed by atoms with Crippen molar-refractivity contribution in [3.8, 4) is 22.8 Å². The molecule has 3 aromatic heterocycles. The highest BCUT2D eigenvalue weighted by Gasteiger charge is 2.20. The van der Waals surface area contributed by atoms with E-state index in [0.717, 1.165) is 31.9 Å². The Balaban J connectivity index is 1.45. The minimum absolute atomic E-state index is 0.103. The molecular formula is C24H20N6O3S2. The Kier molecular flexibility index (Phi) is 6.34. The lowest BCUT2D eigenvalue weighted by Crippen LogP contribution is -2.13. The predicted molar refractivity (Wildman–Crippen MR) is 136 cm³/mol. The van der Waals surface area contributed by atoms with Gasteiger partial charge in [-0.3, -0.25) is 0 Å². The van der Waals surface area contributed by atoms with Gasteiger partial charge in [-0.2, -0.15) is 0 Å². The summed E-state index contributed by atoms with van der Waals surface area (Å²) in [5.74, 6) is 0.271. The van der Waals surface area contributed by atoms with Crippen LogP contribution >= 0.6 is 23.1 Å². The van der Waals surface area contributed by atoms with Crippen molar-refractivity contribution in [1.29, 1.82) is 0 Å². The summed E-state index contributed by atoms with van der Waals surface area (Å²) in [5.41, 5.74) is 9.30. The summed E-state index contributed by atoms with van der Waals surface area (Å²) < 4.78 is 7.03. The molecule has 0 aliphatic rings. The molecular weight excluding hydrogens is 484 g/mol. The SMILES string of the molecule is Cc1sc2nc(SCc3nnc(OCC(=O)O)n3-c3ccccc3)nc(N)c2c1-c1ccccc1. The molecule has 3 N–H and O–H groups in total. The molecule has 5 rings (SSSR count). The van der Waals surface area contributed by atoms with Crippen LogP contribution in [0.2, 0.25) is 0 Å². The molecule has 9 nitrogen and oxygen atoms in total. The van der Waals surface area contributed by atoms with Crippen LogP contribution in [0.5, 0.6) is 6.01 Å². The van der Waals surface area contributed by atoms with E-state index in [-0.39, 0.29) is 6.01 Å². The lowest BCUT2D eigenvalue weighted by Gasteiger charge is -2.10. The molecule has 0 saturated heterocycles. The van der Waals surface area contributed by atoms with E-state index in [1.54, 1.807) is 15.9 Å². The van der Waals surface area contributed by atoms with Gasteiger partial charge in [0, 0.05) is 10.4 Å². The van der Waals surface area contributed by atoms with Crippen molar-refractivity contribution in [3.63, 3.8) is 0 Å². The Morgan fingerprint density at radius 2 is 1.80 bits per heavy atom. The first-order chi connectivity index (χ1) is 17.0. The summed E-state index contributed by atoms with van der Waals surface area (Å²) in [4.78, 5) is 22.2. The molecule has 176 valence electrons. The van der Waals surface area contributed by atoms with Gasteiger partial charge in [-0.05, 0) is 24.6 Å². The molecule has 0 aliphatic heterocycles. The number of fused-ring (bicyclic) bond motifs is 1. The van der Waals surface area contributed by atoms with E-state index in [0.29, 0.717) is 22.6 Å². The average molecular weight is 505 g/mol. The van der Waals surface area contributed by atoms with Gasteiger partial charge in [0.25, 0.3) is 0 Å². The molecule has 5 aromatic rings. The molecule has 0 amide bonds. The summed E-state index contributed by atoms with van der Waals surface area (Å²) in [7, 11) is 0. The number of aliphatic carboxylic acids is 1. The number of ether oxygens (including phenoxy) is 1. The highest BCUT2D eigenvalue weighted by molar-refractivity contribution is 7.98. The lowest BCUT2D eigenvalue weighted by atomic mass is 10.0. The Bertz CT molecular complexity index is 1500. The van der Waals surface area contributed by atoms with Crippen LogP contribution in [0, 0.1) is 6.92 Å². The molecule has 0 aliphatic carbocycles. The van der Waals surface area contributed by atoms with E-state index in [4.69, 9.17) is 20.6 Å². The fraction of sp³-hybridized carbons (Fsp3) is 0.125. The van der Waals surface area contributed by atoms with E-state index in [9.17, 15) is 4.79 Å². The minimum atomic E-state index is -1.10. The van der Waals surface area contributed by atoms with Gasteiger partial charge in [0.05, 0.1) is 16.8 Å². The van der Waals surface area contributed by atoms with Crippen molar-refractivity contribution >= 4 is 45.1 Å². The zero-order valence-corrected chi connectivity index (χ0v) is 20.2. The Morgan fingerprint density at radius 3 is 2.51 bits per heavy atom. The number of nitrogens with two attached hydrogens (primary N) is 1. The minimum Gasteiger partial charge on any atom is -0.479 e. The number of aryl methyl sites for hydroxylation is 1. The van der Waals surface area contributed by atoms with Gasteiger partial charge in [0.2, 0.25) is 0 Å². The summed E-state index contributed by atoms with van der Waals surface area (Å²) >= 11 is 2.95. The third-order valence-corrected chi connectivity index (χ3v) is 7.01. The van der Waals surface area contributed by atoms with Crippen LogP contribution in [-0.2, 0) is 10.5 Å². The molecule has 0 bridgehead atoms. The number of rotatable bonds is 8. The van der Waals surface area contributed by atoms with Crippen LogP contribution in [0.1, 0.15) is 10.7 Å². The number of hydrogen-bond donors (Lipinski definition) is 2. The zero-order valence-electron chi connectivity index (χ0n) is 18.6. The number of carboxylic acids is 1. The molecule has 2 aromatic carbocycles. The summed E-state index contributed by atoms with van der Waals surface area (Å²) in [6.45, 7) is 1.54. The van der Waals surface area contributed by atoms with Crippen LogP contribution < -0.4 is 10.5 Å². The van der Waals surface area contributed by atoms with Gasteiger partial charge in [0.1, 0.15) is 10.6 Å². The molecule has 0 fully saturated rings. The van der Waals surface area contributed by atoms with Crippen LogP contribution in [0.4, 0.5) is 5.82 Å². The summed E-state index contributed by atoms with van der Waals surface area (Å²) in [6.07, 6.45) is 0. The molecule has 0 atom stereocenters. The second kappa shape index (κ2) is 9.72. The summed E-state index contributed by atoms with van der Waals surface area (Å²) in [5, 5.41) is 18.6. The number of nitrogen functional groups attached to an aromatic ring is 1. The number of benzene rings is 2. The predicted octanol–water partition coefficient (Wildman–Crippen LogP) is 4.59. The van der Waals surface area contributed by atoms with Crippen LogP contribution in [0.15, 0.2) is 65.8 Å². The van der Waals surface area contributed by atoms with Gasteiger partial charge in [-0.25, -0.2) is 19.3 Å². The van der Waals surface area contributed by atoms with Gasteiger partial charge in [0.15, 0.2) is 17.6 Å². The molecule has 0 saturated carbocycles. The van der Waals surface area contributed by atoms with Crippen molar-refractivity contribution in [2.75, 3.05) is 12.3 Å².